The maximum absolute atomic E-state index is 12.9. The minimum Gasteiger partial charge on any atom is -0.325 e. The van der Waals surface area contributed by atoms with E-state index in [0.29, 0.717) is 23.6 Å². The normalized spacial score (nSPS) is 21.9. The van der Waals surface area contributed by atoms with Crippen molar-refractivity contribution in [2.24, 2.45) is 16.7 Å². The number of carbonyl (C=O) groups is 1. The first-order valence-corrected chi connectivity index (χ1v) is 8.60. The van der Waals surface area contributed by atoms with Crippen molar-refractivity contribution in [2.45, 2.75) is 37.9 Å². The molecule has 1 N–H and O–H groups in total. The molecule has 1 aliphatic carbocycles. The zero-order chi connectivity index (χ0) is 17.5. The van der Waals surface area contributed by atoms with Crippen LogP contribution in [0.25, 0.3) is 0 Å². The molecule has 3 nitrogen and oxygen atoms in total. The number of anilines is 1. The quantitative estimate of drug-likeness (QED) is 0.701. The van der Waals surface area contributed by atoms with Crippen molar-refractivity contribution in [2.75, 3.05) is 5.32 Å². The van der Waals surface area contributed by atoms with Crippen molar-refractivity contribution in [3.8, 4) is 6.07 Å². The maximum Gasteiger partial charge on any atom is 0.245 e. The van der Waals surface area contributed by atoms with Gasteiger partial charge in [0.15, 0.2) is 0 Å². The average Bonchev–Trinajstić information content (AvgIpc) is 3.13. The van der Waals surface area contributed by atoms with Crippen LogP contribution in [0.4, 0.5) is 5.69 Å². The lowest BCUT2D eigenvalue weighted by Gasteiger charge is -2.40. The topological polar surface area (TPSA) is 52.9 Å². The predicted octanol–water partition coefficient (Wildman–Crippen LogP) is 5.42. The van der Waals surface area contributed by atoms with Gasteiger partial charge in [-0.05, 0) is 42.5 Å². The van der Waals surface area contributed by atoms with Gasteiger partial charge in [-0.1, -0.05) is 32.4 Å². The van der Waals surface area contributed by atoms with Crippen LogP contribution in [0.15, 0.2) is 24.3 Å². The highest BCUT2D eigenvalue weighted by Gasteiger charge is 2.66. The molecule has 0 aromatic heterocycles. The Bertz CT molecular complexity index is 649. The van der Waals surface area contributed by atoms with E-state index in [2.05, 4.69) is 11.4 Å². The number of alkyl halides is 2. The van der Waals surface area contributed by atoms with Crippen LogP contribution in [0.5, 0.6) is 0 Å². The second-order valence-electron chi connectivity index (χ2n) is 6.57. The highest BCUT2D eigenvalue weighted by Crippen LogP contribution is 2.66. The van der Waals surface area contributed by atoms with Crippen LogP contribution in [0, 0.1) is 28.1 Å². The molecule has 0 heterocycles. The number of carbonyl (C=O) groups excluding carboxylic acids is 1. The second kappa shape index (κ2) is 6.16. The van der Waals surface area contributed by atoms with Gasteiger partial charge in [-0.15, -0.1) is 23.2 Å². The Morgan fingerprint density at radius 1 is 1.39 bits per heavy atom. The summed E-state index contributed by atoms with van der Waals surface area (Å²) in [6.07, 6.45) is 0.955. The molecule has 1 fully saturated rings. The fourth-order valence-electron chi connectivity index (χ4n) is 3.25. The number of rotatable bonds is 5. The molecule has 2 rings (SSSR count). The largest absolute Gasteiger partial charge is 0.325 e. The first kappa shape index (κ1) is 18.4. The zero-order valence-corrected chi connectivity index (χ0v) is 15.6. The van der Waals surface area contributed by atoms with Crippen LogP contribution < -0.4 is 5.32 Å². The number of nitriles is 1. The molecule has 124 valence electrons. The Balaban J connectivity index is 2.31. The Morgan fingerprint density at radius 3 is 2.30 bits per heavy atom. The average molecular weight is 374 g/mol. The van der Waals surface area contributed by atoms with Crippen molar-refractivity contribution in [1.82, 2.24) is 0 Å². The van der Waals surface area contributed by atoms with E-state index in [1.807, 2.05) is 20.8 Å². The van der Waals surface area contributed by atoms with E-state index in [1.54, 1.807) is 24.3 Å². The zero-order valence-electron chi connectivity index (χ0n) is 13.3. The lowest BCUT2D eigenvalue weighted by atomic mass is 9.61. The third kappa shape index (κ3) is 3.18. The fraction of sp³-hybridized carbons (Fsp3) is 0.529. The van der Waals surface area contributed by atoms with Gasteiger partial charge in [0.2, 0.25) is 5.91 Å². The van der Waals surface area contributed by atoms with Crippen LogP contribution in [0.1, 0.15) is 33.6 Å². The minimum atomic E-state index is -1.22. The van der Waals surface area contributed by atoms with Crippen molar-refractivity contribution in [3.63, 3.8) is 0 Å². The highest BCUT2D eigenvalue weighted by atomic mass is 35.5. The van der Waals surface area contributed by atoms with Gasteiger partial charge in [0.25, 0.3) is 0 Å². The molecule has 1 aromatic rings. The Kier molecular flexibility index (Phi) is 4.93. The number of benzene rings is 1. The fourth-order valence-corrected chi connectivity index (χ4v) is 4.23. The van der Waals surface area contributed by atoms with Crippen molar-refractivity contribution in [3.05, 3.63) is 29.3 Å². The van der Waals surface area contributed by atoms with Crippen molar-refractivity contribution in [1.29, 1.82) is 5.26 Å². The molecule has 0 bridgehead atoms. The van der Waals surface area contributed by atoms with Crippen LogP contribution in [-0.2, 0) is 4.79 Å². The van der Waals surface area contributed by atoms with Gasteiger partial charge in [0, 0.05) is 16.6 Å². The molecule has 6 heteroatoms. The van der Waals surface area contributed by atoms with E-state index in [4.69, 9.17) is 34.8 Å². The molecule has 1 saturated carbocycles. The molecule has 0 aliphatic heterocycles. The van der Waals surface area contributed by atoms with Gasteiger partial charge in [-0.25, -0.2) is 0 Å². The molecule has 0 saturated heterocycles. The van der Waals surface area contributed by atoms with Crippen molar-refractivity contribution >= 4 is 46.4 Å². The van der Waals surface area contributed by atoms with Crippen LogP contribution in [-0.4, -0.2) is 10.2 Å². The molecule has 23 heavy (non-hydrogen) atoms. The van der Waals surface area contributed by atoms with Gasteiger partial charge in [0.05, 0.1) is 6.07 Å². The minimum absolute atomic E-state index is 0.103. The van der Waals surface area contributed by atoms with Gasteiger partial charge >= 0.3 is 0 Å². The molecule has 1 amide bonds. The van der Waals surface area contributed by atoms with Crippen LogP contribution >= 0.6 is 34.8 Å². The molecular weight excluding hydrogens is 355 g/mol. The van der Waals surface area contributed by atoms with Crippen molar-refractivity contribution < 1.29 is 4.79 Å². The maximum atomic E-state index is 12.9. The van der Waals surface area contributed by atoms with E-state index >= 15 is 0 Å². The number of nitrogens with one attached hydrogen (secondary N) is 1. The Morgan fingerprint density at radius 2 is 1.91 bits per heavy atom. The first-order valence-electron chi connectivity index (χ1n) is 7.47. The molecule has 2 atom stereocenters. The van der Waals surface area contributed by atoms with Gasteiger partial charge < -0.3 is 5.32 Å². The number of amides is 1. The molecule has 0 spiro atoms. The first-order chi connectivity index (χ1) is 10.6. The second-order valence-corrected chi connectivity index (χ2v) is 8.55. The molecular formula is C17H19Cl3N2O. The summed E-state index contributed by atoms with van der Waals surface area (Å²) in [7, 11) is 0. The monoisotopic (exact) mass is 372 g/mol. The number of nitrogens with zero attached hydrogens (tertiary/aromatic N) is 1. The molecule has 1 aliphatic rings. The van der Waals surface area contributed by atoms with E-state index < -0.39 is 15.2 Å². The third-order valence-electron chi connectivity index (χ3n) is 5.01. The SMILES string of the molecule is CC[C@@](C#N)(C(=O)Nc1ccc(Cl)cc1)C(C)(C)C1CC1(Cl)Cl. The summed E-state index contributed by atoms with van der Waals surface area (Å²) in [6.45, 7) is 5.61. The number of hydrogen-bond acceptors (Lipinski definition) is 2. The molecule has 1 unspecified atom stereocenters. The highest BCUT2D eigenvalue weighted by molar-refractivity contribution is 6.51. The van der Waals surface area contributed by atoms with E-state index in [1.165, 1.54) is 0 Å². The lowest BCUT2D eigenvalue weighted by molar-refractivity contribution is -0.129. The van der Waals surface area contributed by atoms with Crippen LogP contribution in [0.3, 0.4) is 0 Å². The molecule has 1 aromatic carbocycles. The van der Waals surface area contributed by atoms with Gasteiger partial charge in [0.1, 0.15) is 9.75 Å². The number of hydrogen-bond donors (Lipinski definition) is 1. The summed E-state index contributed by atoms with van der Waals surface area (Å²) in [5.74, 6) is -0.445. The van der Waals surface area contributed by atoms with Gasteiger partial charge in [-0.2, -0.15) is 5.26 Å². The molecule has 0 radical (unpaired) electrons. The summed E-state index contributed by atoms with van der Waals surface area (Å²) in [6, 6.07) is 9.02. The van der Waals surface area contributed by atoms with Gasteiger partial charge in [-0.3, -0.25) is 4.79 Å². The summed E-state index contributed by atoms with van der Waals surface area (Å²) in [4.78, 5) is 12.9. The smallest absolute Gasteiger partial charge is 0.245 e. The summed E-state index contributed by atoms with van der Waals surface area (Å²) >= 11 is 18.3. The lowest BCUT2D eigenvalue weighted by Crippen LogP contribution is -2.48. The standard InChI is InChI=1S/C17H19Cl3N2O/c1-4-16(10-21,15(2,3)13-9-17(13,19)20)14(23)22-12-7-5-11(18)6-8-12/h5-8,13H,4,9H2,1-3H3,(H,22,23)/t13?,16-/m1/s1. The Labute approximate surface area is 151 Å². The van der Waals surface area contributed by atoms with Crippen LogP contribution in [0.2, 0.25) is 5.02 Å². The third-order valence-corrected chi connectivity index (χ3v) is 6.10. The van der Waals surface area contributed by atoms with E-state index in [-0.39, 0.29) is 11.8 Å². The van der Waals surface area contributed by atoms with E-state index in [9.17, 15) is 10.1 Å². The number of halogens is 3. The summed E-state index contributed by atoms with van der Waals surface area (Å²) in [5.41, 5.74) is -1.28. The summed E-state index contributed by atoms with van der Waals surface area (Å²) in [5, 5.41) is 13.2. The summed E-state index contributed by atoms with van der Waals surface area (Å²) < 4.78 is -0.860. The Hall–Kier alpha value is -0.950. The van der Waals surface area contributed by atoms with E-state index in [0.717, 1.165) is 0 Å². The predicted molar refractivity (Wildman–Crippen MR) is 94.7 cm³/mol.